The van der Waals surface area contributed by atoms with E-state index in [4.69, 9.17) is 0 Å². The summed E-state index contributed by atoms with van der Waals surface area (Å²) >= 11 is 1.35. The van der Waals surface area contributed by atoms with Gasteiger partial charge in [-0.3, -0.25) is 18.9 Å². The number of urea groups is 1. The van der Waals surface area contributed by atoms with Gasteiger partial charge in [0.1, 0.15) is 5.54 Å². The number of benzene rings is 1. The smallest absolute Gasteiger partial charge is 0.319 e. The summed E-state index contributed by atoms with van der Waals surface area (Å²) in [7, 11) is 0. The molecule has 0 saturated carbocycles. The average molecular weight is 425 g/mol. The molecule has 1 aromatic carbocycles. The quantitative estimate of drug-likeness (QED) is 0.654. The van der Waals surface area contributed by atoms with Gasteiger partial charge in [-0.2, -0.15) is 0 Å². The molecule has 8 heteroatoms. The van der Waals surface area contributed by atoms with Crippen molar-refractivity contribution in [2.45, 2.75) is 52.1 Å². The van der Waals surface area contributed by atoms with Gasteiger partial charge in [0.25, 0.3) is 11.5 Å². The van der Waals surface area contributed by atoms with E-state index < -0.39 is 11.6 Å². The zero-order valence-corrected chi connectivity index (χ0v) is 18.5. The van der Waals surface area contributed by atoms with E-state index in [2.05, 4.69) is 31.1 Å². The van der Waals surface area contributed by atoms with Crippen LogP contribution in [-0.4, -0.2) is 26.2 Å². The van der Waals surface area contributed by atoms with Crippen molar-refractivity contribution in [1.29, 1.82) is 0 Å². The highest BCUT2D eigenvalue weighted by atomic mass is 32.1. The topological polar surface area (TPSA) is 83.8 Å². The van der Waals surface area contributed by atoms with Gasteiger partial charge in [-0.15, -0.1) is 11.3 Å². The van der Waals surface area contributed by atoms with Gasteiger partial charge in [0.2, 0.25) is 0 Å². The normalized spacial score (nSPS) is 19.6. The molecule has 0 unspecified atom stereocenters. The van der Waals surface area contributed by atoms with E-state index >= 15 is 0 Å². The van der Waals surface area contributed by atoms with Gasteiger partial charge in [-0.1, -0.05) is 45.0 Å². The minimum Gasteiger partial charge on any atom is -0.319 e. The molecule has 7 nitrogen and oxygen atoms in total. The number of hydrogen-bond donors (Lipinski definition) is 1. The Kier molecular flexibility index (Phi) is 4.58. The molecule has 3 aromatic rings. The Labute approximate surface area is 178 Å². The first-order valence-corrected chi connectivity index (χ1v) is 10.6. The second kappa shape index (κ2) is 6.77. The van der Waals surface area contributed by atoms with Crippen molar-refractivity contribution in [2.75, 3.05) is 0 Å². The summed E-state index contributed by atoms with van der Waals surface area (Å²) in [5.41, 5.74) is 1.67. The average Bonchev–Trinajstić information content (AvgIpc) is 3.15. The minimum absolute atomic E-state index is 0.00703. The number of hydrogen-bond acceptors (Lipinski definition) is 5. The van der Waals surface area contributed by atoms with Crippen molar-refractivity contribution in [3.63, 3.8) is 0 Å². The van der Waals surface area contributed by atoms with Gasteiger partial charge in [0, 0.05) is 17.1 Å². The van der Waals surface area contributed by atoms with Crippen LogP contribution in [-0.2, 0) is 22.3 Å². The lowest BCUT2D eigenvalue weighted by Crippen LogP contribution is -2.41. The van der Waals surface area contributed by atoms with Crippen molar-refractivity contribution in [2.24, 2.45) is 0 Å². The second-order valence-corrected chi connectivity index (χ2v) is 9.69. The van der Waals surface area contributed by atoms with Crippen LogP contribution in [0.25, 0.3) is 4.96 Å². The van der Waals surface area contributed by atoms with Gasteiger partial charge >= 0.3 is 6.03 Å². The number of aromatic nitrogens is 2. The Balaban J connectivity index is 1.63. The zero-order valence-electron chi connectivity index (χ0n) is 17.6. The molecular weight excluding hydrogens is 400 g/mol. The summed E-state index contributed by atoms with van der Waals surface area (Å²) < 4.78 is 1.51. The van der Waals surface area contributed by atoms with Gasteiger partial charge in [0.05, 0.1) is 12.2 Å². The van der Waals surface area contributed by atoms with E-state index in [9.17, 15) is 14.4 Å². The minimum atomic E-state index is -1.16. The van der Waals surface area contributed by atoms with Crippen LogP contribution in [0.1, 0.15) is 50.2 Å². The van der Waals surface area contributed by atoms with E-state index in [0.717, 1.165) is 16.2 Å². The molecule has 0 bridgehead atoms. The molecule has 1 fully saturated rings. The summed E-state index contributed by atoms with van der Waals surface area (Å²) in [5, 5.41) is 4.66. The SMILES string of the molecule is Cc1csc2nc(CN3C(=O)N[C@@](C)(c4ccc(C(C)(C)C)cc4)C3=O)cc(=O)n12. The van der Waals surface area contributed by atoms with Crippen molar-refractivity contribution < 1.29 is 9.59 Å². The molecule has 4 rings (SSSR count). The van der Waals surface area contributed by atoms with Crippen LogP contribution in [0, 0.1) is 6.92 Å². The van der Waals surface area contributed by atoms with Crippen molar-refractivity contribution in [3.8, 4) is 0 Å². The monoisotopic (exact) mass is 424 g/mol. The highest BCUT2D eigenvalue weighted by Gasteiger charge is 2.49. The van der Waals surface area contributed by atoms with Crippen LogP contribution in [0.4, 0.5) is 4.79 Å². The lowest BCUT2D eigenvalue weighted by Gasteiger charge is -2.24. The number of thiazole rings is 1. The lowest BCUT2D eigenvalue weighted by molar-refractivity contribution is -0.131. The molecule has 1 N–H and O–H groups in total. The Morgan fingerprint density at radius 3 is 2.43 bits per heavy atom. The molecule has 1 aliphatic rings. The number of carbonyl (C=O) groups is 2. The highest BCUT2D eigenvalue weighted by molar-refractivity contribution is 7.15. The Bertz CT molecular complexity index is 1220. The van der Waals surface area contributed by atoms with Gasteiger partial charge in [-0.25, -0.2) is 9.78 Å². The standard InChI is InChI=1S/C22H24N4O3S/c1-13-12-30-20-23-16(10-17(27)26(13)20)11-25-18(28)22(5,24-19(25)29)15-8-6-14(7-9-15)21(2,3)4/h6-10,12H,11H2,1-5H3,(H,24,29)/t22-/m0/s1. The molecule has 3 heterocycles. The van der Waals surface area contributed by atoms with Gasteiger partial charge < -0.3 is 5.32 Å². The third kappa shape index (κ3) is 3.21. The summed E-state index contributed by atoms with van der Waals surface area (Å²) in [5.74, 6) is -0.361. The maximum absolute atomic E-state index is 13.2. The van der Waals surface area contributed by atoms with E-state index in [1.54, 1.807) is 6.92 Å². The Morgan fingerprint density at radius 1 is 1.13 bits per heavy atom. The number of amides is 3. The molecule has 3 amide bonds. The maximum Gasteiger partial charge on any atom is 0.325 e. The molecule has 1 aliphatic heterocycles. The third-order valence-electron chi connectivity index (χ3n) is 5.55. The summed E-state index contributed by atoms with van der Waals surface area (Å²) in [6.45, 7) is 9.84. The van der Waals surface area contributed by atoms with Crippen LogP contribution in [0.5, 0.6) is 0 Å². The largest absolute Gasteiger partial charge is 0.325 e. The number of nitrogens with zero attached hydrogens (tertiary/aromatic N) is 3. The molecule has 0 spiro atoms. The number of imide groups is 1. The van der Waals surface area contributed by atoms with Gasteiger partial charge in [0.15, 0.2) is 4.96 Å². The molecule has 30 heavy (non-hydrogen) atoms. The first kappa shape index (κ1) is 20.3. The zero-order chi connectivity index (χ0) is 21.8. The third-order valence-corrected chi connectivity index (χ3v) is 6.50. The predicted octanol–water partition coefficient (Wildman–Crippen LogP) is 3.33. The molecular formula is C22H24N4O3S. The number of nitrogens with one attached hydrogen (secondary N) is 1. The number of carbonyl (C=O) groups excluding carboxylic acids is 2. The summed E-state index contributed by atoms with van der Waals surface area (Å²) in [6, 6.07) is 8.62. The van der Waals surface area contributed by atoms with E-state index in [1.165, 1.54) is 21.8 Å². The molecule has 0 aliphatic carbocycles. The summed E-state index contributed by atoms with van der Waals surface area (Å²) in [6.07, 6.45) is 0. The number of rotatable bonds is 3. The van der Waals surface area contributed by atoms with E-state index in [-0.39, 0.29) is 23.4 Å². The van der Waals surface area contributed by atoms with Gasteiger partial charge in [-0.05, 0) is 30.4 Å². The fraction of sp³-hybridized carbons (Fsp3) is 0.364. The number of fused-ring (bicyclic) bond motifs is 1. The molecule has 1 saturated heterocycles. The molecule has 2 aromatic heterocycles. The Morgan fingerprint density at radius 2 is 1.80 bits per heavy atom. The lowest BCUT2D eigenvalue weighted by atomic mass is 9.84. The van der Waals surface area contributed by atoms with Crippen LogP contribution < -0.4 is 10.9 Å². The van der Waals surface area contributed by atoms with E-state index in [0.29, 0.717) is 16.2 Å². The van der Waals surface area contributed by atoms with Crippen molar-refractivity contribution >= 4 is 28.2 Å². The molecule has 1 atom stereocenters. The van der Waals surface area contributed by atoms with E-state index in [1.807, 2.05) is 36.6 Å². The fourth-order valence-electron chi connectivity index (χ4n) is 3.68. The first-order chi connectivity index (χ1) is 14.0. The van der Waals surface area contributed by atoms with Crippen molar-refractivity contribution in [3.05, 3.63) is 68.6 Å². The maximum atomic E-state index is 13.2. The summed E-state index contributed by atoms with van der Waals surface area (Å²) in [4.78, 5) is 44.4. The first-order valence-electron chi connectivity index (χ1n) is 9.72. The molecule has 0 radical (unpaired) electrons. The van der Waals surface area contributed by atoms with Crippen LogP contribution in [0.2, 0.25) is 0 Å². The highest BCUT2D eigenvalue weighted by Crippen LogP contribution is 2.31. The fourth-order valence-corrected chi connectivity index (χ4v) is 4.57. The number of aryl methyl sites for hydroxylation is 1. The van der Waals surface area contributed by atoms with Crippen LogP contribution >= 0.6 is 11.3 Å². The second-order valence-electron chi connectivity index (χ2n) is 8.85. The van der Waals surface area contributed by atoms with Crippen LogP contribution in [0.15, 0.2) is 40.5 Å². The predicted molar refractivity (Wildman–Crippen MR) is 116 cm³/mol. The van der Waals surface area contributed by atoms with Crippen LogP contribution in [0.3, 0.4) is 0 Å². The Hall–Kier alpha value is -3.00. The molecule has 156 valence electrons. The van der Waals surface area contributed by atoms with Crippen molar-refractivity contribution in [1.82, 2.24) is 19.6 Å².